The Morgan fingerprint density at radius 1 is 0.441 bits per heavy atom. The Kier molecular flexibility index (Phi) is 46.0. The van der Waals surface area contributed by atoms with E-state index in [0.29, 0.717) is 50.8 Å². The van der Waals surface area contributed by atoms with Crippen LogP contribution in [-0.4, -0.2) is 271 Å². The first-order valence-corrected chi connectivity index (χ1v) is 48.8. The van der Waals surface area contributed by atoms with Gasteiger partial charge in [0.1, 0.15) is 59.9 Å². The number of hydrogen-bond donors (Lipinski definition) is 4. The van der Waals surface area contributed by atoms with Crippen molar-refractivity contribution in [3.8, 4) is 40.2 Å². The number of benzene rings is 8. The lowest BCUT2D eigenvalue weighted by molar-refractivity contribution is -0.901. The summed E-state index contributed by atoms with van der Waals surface area (Å²) in [6.07, 6.45) is -0.599. The topological polar surface area (TPSA) is 301 Å². The third-order valence-corrected chi connectivity index (χ3v) is 29.0. The number of quaternary nitrogens is 1. The molecule has 0 bridgehead atoms. The minimum atomic E-state index is -4.13. The number of alkyl carbamates (subject to hydrolysis) is 1. The van der Waals surface area contributed by atoms with Crippen LogP contribution in [0.1, 0.15) is 51.9 Å². The van der Waals surface area contributed by atoms with Crippen LogP contribution in [0.3, 0.4) is 0 Å². The number of carboxylic acid groups (broad SMARTS) is 1. The van der Waals surface area contributed by atoms with Gasteiger partial charge in [-0.15, -0.1) is 82.3 Å². The minimum Gasteiger partial charge on any atom is -1.00 e. The Morgan fingerprint density at radius 3 is 1.18 bits per heavy atom. The maximum Gasteiger partial charge on any atom is 0.407 e. The van der Waals surface area contributed by atoms with Crippen molar-refractivity contribution in [3.63, 3.8) is 0 Å². The summed E-state index contributed by atoms with van der Waals surface area (Å²) in [5, 5.41) is 11.4. The molecule has 0 unspecified atom stereocenters. The number of carboxylic acids is 1. The van der Waals surface area contributed by atoms with E-state index in [1.54, 1.807) is 113 Å². The smallest absolute Gasteiger partial charge is 0.407 e. The zero-order chi connectivity index (χ0) is 89.8. The zero-order valence-electron chi connectivity index (χ0n) is 73.2. The van der Waals surface area contributed by atoms with Crippen LogP contribution in [0.15, 0.2) is 192 Å². The molecule has 0 spiro atoms. The number of hydrogen-bond acceptors (Lipinski definition) is 27. The molecular formula is C91H120IN9O18S8. The first kappa shape index (κ1) is 106. The predicted octanol–water partition coefficient (Wildman–Crippen LogP) is 11.3. The molecule has 0 aromatic heterocycles. The zero-order valence-corrected chi connectivity index (χ0v) is 81.9. The normalized spacial score (nSPS) is 15.7. The SMILES string of the molecule is C.COC(=O)CN1CCSc2ccc(OC)cc2C1.COc1ccc2c(c1)CN(C(=O)CN)CCS2.COc1ccc2c(c1)CN(C(=O)CNC(=O)OCc1ccccc1)CCS2.COc1ccc2c(c1)CN(C)CCS2.COc1ccc2c(c1)CN(CC(=O)O)CCS2.COc1ccc2c(c1)CN(S(=O)(=O)O)CCS2.COc1ccc2c(c1)C[N+](C)(C)CCS2.[I-]. The van der Waals surface area contributed by atoms with Crippen molar-refractivity contribution in [2.75, 3.05) is 190 Å². The molecule has 7 aliphatic rings. The van der Waals surface area contributed by atoms with Crippen LogP contribution < -0.4 is 68.2 Å². The number of rotatable bonds is 17. The number of nitrogens with two attached hydrogens (primary N) is 1. The maximum absolute atomic E-state index is 12.5. The van der Waals surface area contributed by atoms with Crippen molar-refractivity contribution in [3.05, 3.63) is 202 Å². The van der Waals surface area contributed by atoms with Gasteiger partial charge in [-0.1, -0.05) is 37.8 Å². The molecule has 7 heterocycles. The molecule has 15 rings (SSSR count). The van der Waals surface area contributed by atoms with Crippen molar-refractivity contribution < 1.29 is 113 Å². The maximum atomic E-state index is 12.5. The summed E-state index contributed by atoms with van der Waals surface area (Å²) >= 11 is 12.5. The third kappa shape index (κ3) is 35.2. The van der Waals surface area contributed by atoms with Crippen molar-refractivity contribution in [2.24, 2.45) is 5.73 Å². The summed E-state index contributed by atoms with van der Waals surface area (Å²) in [6.45, 7) is 11.2. The lowest BCUT2D eigenvalue weighted by Crippen LogP contribution is -3.00. The van der Waals surface area contributed by atoms with Gasteiger partial charge < -0.3 is 102 Å². The number of thioether (sulfide) groups is 7. The van der Waals surface area contributed by atoms with E-state index in [1.165, 1.54) is 66.3 Å². The first-order valence-electron chi connectivity index (χ1n) is 40.5. The average Bonchev–Trinajstić information content (AvgIpc) is 1.75. The number of carbonyl (C=O) groups is 5. The van der Waals surface area contributed by atoms with Gasteiger partial charge in [-0.05, 0) is 173 Å². The molecule has 692 valence electrons. The molecule has 0 saturated heterocycles. The van der Waals surface area contributed by atoms with E-state index in [9.17, 15) is 32.4 Å². The Labute approximate surface area is 795 Å². The molecule has 0 atom stereocenters. The third-order valence-electron chi connectivity index (χ3n) is 20.4. The summed E-state index contributed by atoms with van der Waals surface area (Å²) < 4.78 is 79.9. The van der Waals surface area contributed by atoms with Crippen molar-refractivity contribution >= 4 is 122 Å². The van der Waals surface area contributed by atoms with E-state index in [2.05, 4.69) is 78.7 Å². The van der Waals surface area contributed by atoms with Crippen LogP contribution in [-0.2, 0) is 91.4 Å². The summed E-state index contributed by atoms with van der Waals surface area (Å²) in [7, 11) is 15.6. The van der Waals surface area contributed by atoms with Crippen molar-refractivity contribution in [1.29, 1.82) is 0 Å². The van der Waals surface area contributed by atoms with Gasteiger partial charge in [-0.25, -0.2) is 4.79 Å². The number of ether oxygens (including phenoxy) is 9. The van der Waals surface area contributed by atoms with Gasteiger partial charge in [0.15, 0.2) is 0 Å². The number of amides is 3. The van der Waals surface area contributed by atoms with Crippen LogP contribution in [0.2, 0.25) is 0 Å². The van der Waals surface area contributed by atoms with Crippen LogP contribution in [0.4, 0.5) is 4.79 Å². The van der Waals surface area contributed by atoms with Crippen molar-refractivity contribution in [1.82, 2.24) is 34.1 Å². The second-order valence-corrected chi connectivity index (χ2v) is 39.1. The highest BCUT2D eigenvalue weighted by molar-refractivity contribution is 8.00. The number of nitrogens with one attached hydrogen (secondary N) is 1. The summed E-state index contributed by atoms with van der Waals surface area (Å²) in [6, 6.07) is 51.7. The van der Waals surface area contributed by atoms with Crippen LogP contribution >= 0.6 is 82.3 Å². The average molecular weight is 2010 g/mol. The summed E-state index contributed by atoms with van der Waals surface area (Å²) in [5.41, 5.74) is 14.5. The predicted molar refractivity (Wildman–Crippen MR) is 506 cm³/mol. The Bertz CT molecular complexity index is 4980. The minimum absolute atomic E-state index is 0. The summed E-state index contributed by atoms with van der Waals surface area (Å²) in [4.78, 5) is 76.7. The highest BCUT2D eigenvalue weighted by Crippen LogP contribution is 2.38. The van der Waals surface area contributed by atoms with E-state index >= 15 is 0 Å². The van der Waals surface area contributed by atoms with Crippen molar-refractivity contribution in [2.45, 2.75) is 94.1 Å². The number of halogens is 1. The molecule has 8 aromatic carbocycles. The van der Waals surface area contributed by atoms with E-state index in [-0.39, 0.29) is 82.0 Å². The fraction of sp³-hybridized carbons (Fsp3) is 0.418. The molecule has 27 nitrogen and oxygen atoms in total. The Morgan fingerprint density at radius 2 is 0.787 bits per heavy atom. The van der Waals surface area contributed by atoms with Crippen LogP contribution in [0, 0.1) is 0 Å². The lowest BCUT2D eigenvalue weighted by Gasteiger charge is -2.27. The molecular weight excluding hydrogens is 1890 g/mol. The molecule has 8 aromatic rings. The fourth-order valence-corrected chi connectivity index (χ4v) is 21.8. The number of fused-ring (bicyclic) bond motifs is 7. The quantitative estimate of drug-likeness (QED) is 0.0285. The Balaban J connectivity index is 0.000000205. The number of aliphatic carboxylic acids is 1. The molecule has 3 amide bonds. The van der Waals surface area contributed by atoms with E-state index in [0.717, 1.165) is 150 Å². The molecule has 0 aliphatic carbocycles. The first-order chi connectivity index (χ1) is 60.2. The van der Waals surface area contributed by atoms with Gasteiger partial charge in [0.05, 0.1) is 97.2 Å². The van der Waals surface area contributed by atoms with Gasteiger partial charge >= 0.3 is 28.3 Å². The number of nitrogens with zero attached hydrogens (tertiary/aromatic N) is 7. The standard InChI is InChI=1S/C20H22N2O4S.C13H17NO3S.C12H16N2O2S.C12H15NO3S.C12H18NOS.C11H15NOS.C10H13NO4S2.CH4.HI/c1-25-17-7-8-18-16(11-17)13-22(9-10-27-18)19(23)12-21-20(24)26-14-15-5-3-2-4-6-15;1-16-11-3-4-12-10(7-11)8-14(5-6-18-12)9-13(15)17-2;1-16-10-2-3-11-9(6-10)8-14(4-5-17-11)12(15)7-13;1-16-10-2-3-11-9(6-10)7-13(4-5-17-11)8-12(14)15;1-13(2)6-7-15-12-5-4-11(14-3)8-10(12)9-13;1-12-5-6-14-11-4-3-10(13-2)7-9(11)8-12;1-15-9-2-3-10-8(6-9)7-11(4-5-16-10)17(12,13)14;;/h2-8,11H,9-10,12-14H2,1H3,(H,21,24);3-4,7H,5-6,8-9H2,1-2H3;2-3,6H,4-5,7-8,13H2,1H3;2-3,6H,4-5,7-8H2,1H3,(H,14,15);4-5,8H,6-7,9H2,1-3H3;3-4,7H,5-6,8H2,1-2H3;2-3,6H,4-5,7H2,1H3,(H,12,13,14);1H4;1H/q;;;;+1;;;;/p-1. The second-order valence-electron chi connectivity index (χ2n) is 29.8. The molecule has 36 heteroatoms. The fourth-order valence-electron chi connectivity index (χ4n) is 13.6. The molecule has 7 aliphatic heterocycles. The highest BCUT2D eigenvalue weighted by atomic mass is 127. The lowest BCUT2D eigenvalue weighted by atomic mass is 10.2. The largest absolute Gasteiger partial charge is 1.00 e. The van der Waals surface area contributed by atoms with E-state index < -0.39 is 22.4 Å². The molecule has 127 heavy (non-hydrogen) atoms. The van der Waals surface area contributed by atoms with Gasteiger partial charge in [-0.2, -0.15) is 12.7 Å². The Hall–Kier alpha value is -7.64. The van der Waals surface area contributed by atoms with E-state index in [1.807, 2.05) is 149 Å². The highest BCUT2D eigenvalue weighted by Gasteiger charge is 2.28. The number of esters is 1. The van der Waals surface area contributed by atoms with Crippen LogP contribution in [0.5, 0.6) is 40.2 Å². The molecule has 0 saturated carbocycles. The van der Waals surface area contributed by atoms with Gasteiger partial charge in [0.25, 0.3) is 0 Å². The van der Waals surface area contributed by atoms with Gasteiger partial charge in [0, 0.05) is 159 Å². The molecule has 0 radical (unpaired) electrons. The molecule has 5 N–H and O–H groups in total. The number of carbonyl (C=O) groups excluding carboxylic acids is 4. The van der Waals surface area contributed by atoms with E-state index in [4.69, 9.17) is 58.0 Å². The molecule has 0 fully saturated rings. The monoisotopic (exact) mass is 2010 g/mol. The van der Waals surface area contributed by atoms with Crippen LogP contribution in [0.25, 0.3) is 0 Å². The number of methoxy groups -OCH3 is 8. The summed E-state index contributed by atoms with van der Waals surface area (Å²) in [5.74, 6) is 11.4. The second kappa shape index (κ2) is 54.9. The van der Waals surface area contributed by atoms with Gasteiger partial charge in [0.2, 0.25) is 11.8 Å². The van der Waals surface area contributed by atoms with Gasteiger partial charge in [-0.3, -0.25) is 33.5 Å².